The van der Waals surface area contributed by atoms with E-state index in [0.717, 1.165) is 11.3 Å². The molecule has 0 saturated carbocycles. The van der Waals surface area contributed by atoms with Crippen LogP contribution in [0, 0.1) is 12.7 Å². The molecule has 5 nitrogen and oxygen atoms in total. The Labute approximate surface area is 164 Å². The van der Waals surface area contributed by atoms with Gasteiger partial charge in [0.1, 0.15) is 23.2 Å². The Morgan fingerprint density at radius 2 is 1.61 bits per heavy atom. The summed E-state index contributed by atoms with van der Waals surface area (Å²) in [5.74, 6) is 0.0186. The van der Waals surface area contributed by atoms with Gasteiger partial charge in [0.15, 0.2) is 0 Å². The van der Waals surface area contributed by atoms with Gasteiger partial charge in [-0.3, -0.25) is 4.79 Å². The second-order valence-electron chi connectivity index (χ2n) is 7.54. The predicted octanol–water partition coefficient (Wildman–Crippen LogP) is 5.22. The lowest BCUT2D eigenvalue weighted by molar-refractivity contribution is 0.102. The van der Waals surface area contributed by atoms with Gasteiger partial charge in [0.2, 0.25) is 0 Å². The molecule has 0 aliphatic rings. The fourth-order valence-corrected chi connectivity index (χ4v) is 2.88. The zero-order valence-corrected chi connectivity index (χ0v) is 16.4. The molecular weight excluding hydrogens is 355 g/mol. The van der Waals surface area contributed by atoms with E-state index in [1.807, 2.05) is 24.3 Å². The Balaban J connectivity index is 1.87. The highest BCUT2D eigenvalue weighted by molar-refractivity contribution is 6.03. The van der Waals surface area contributed by atoms with Crippen LogP contribution in [-0.2, 0) is 5.41 Å². The molecule has 0 aliphatic carbocycles. The topological polar surface area (TPSA) is 66.9 Å². The molecule has 0 atom stereocenters. The van der Waals surface area contributed by atoms with Crippen molar-refractivity contribution in [1.82, 2.24) is 9.97 Å². The van der Waals surface area contributed by atoms with Gasteiger partial charge in [-0.2, -0.15) is 0 Å². The number of aryl methyl sites for hydroxylation is 1. The summed E-state index contributed by atoms with van der Waals surface area (Å²) in [5.41, 5.74) is 2.13. The second-order valence-corrected chi connectivity index (χ2v) is 7.54. The van der Waals surface area contributed by atoms with Crippen molar-refractivity contribution < 1.29 is 9.18 Å². The van der Waals surface area contributed by atoms with Gasteiger partial charge < -0.3 is 10.6 Å². The van der Waals surface area contributed by atoms with Gasteiger partial charge >= 0.3 is 0 Å². The number of aromatic nitrogens is 2. The van der Waals surface area contributed by atoms with Crippen molar-refractivity contribution in [3.05, 3.63) is 77.5 Å². The maximum absolute atomic E-state index is 13.9. The van der Waals surface area contributed by atoms with Crippen LogP contribution in [0.3, 0.4) is 0 Å². The van der Waals surface area contributed by atoms with Crippen molar-refractivity contribution in [3.63, 3.8) is 0 Å². The number of para-hydroxylation sites is 2. The summed E-state index contributed by atoms with van der Waals surface area (Å²) >= 11 is 0. The number of rotatable bonds is 4. The molecule has 3 aromatic rings. The lowest BCUT2D eigenvalue weighted by atomic mass is 9.86. The molecule has 2 N–H and O–H groups in total. The molecule has 3 rings (SSSR count). The van der Waals surface area contributed by atoms with Gasteiger partial charge in [-0.15, -0.1) is 0 Å². The minimum absolute atomic E-state index is 0.122. The monoisotopic (exact) mass is 378 g/mol. The van der Waals surface area contributed by atoms with Crippen molar-refractivity contribution in [1.29, 1.82) is 0 Å². The Hall–Kier alpha value is -3.28. The van der Waals surface area contributed by atoms with Crippen LogP contribution in [0.5, 0.6) is 0 Å². The van der Waals surface area contributed by atoms with Crippen molar-refractivity contribution in [2.24, 2.45) is 0 Å². The lowest BCUT2D eigenvalue weighted by Gasteiger charge is -2.23. The predicted molar refractivity (Wildman–Crippen MR) is 110 cm³/mol. The van der Waals surface area contributed by atoms with Crippen molar-refractivity contribution in [2.45, 2.75) is 33.1 Å². The van der Waals surface area contributed by atoms with Gasteiger partial charge in [-0.25, -0.2) is 14.4 Å². The minimum Gasteiger partial charge on any atom is -0.338 e. The first-order valence-electron chi connectivity index (χ1n) is 9.02. The van der Waals surface area contributed by atoms with Crippen LogP contribution in [-0.4, -0.2) is 15.9 Å². The first kappa shape index (κ1) is 19.5. The normalized spacial score (nSPS) is 11.2. The Kier molecular flexibility index (Phi) is 5.40. The molecule has 0 aliphatic heterocycles. The van der Waals surface area contributed by atoms with Crippen molar-refractivity contribution in [2.75, 3.05) is 10.6 Å². The molecule has 144 valence electrons. The van der Waals surface area contributed by atoms with Crippen LogP contribution in [0.15, 0.2) is 54.6 Å². The fourth-order valence-electron chi connectivity index (χ4n) is 2.88. The first-order chi connectivity index (χ1) is 13.2. The van der Waals surface area contributed by atoms with Gasteiger partial charge in [0, 0.05) is 11.8 Å². The molecular formula is C22H23FN4O. The van der Waals surface area contributed by atoms with E-state index < -0.39 is 5.82 Å². The summed E-state index contributed by atoms with van der Waals surface area (Å²) in [5, 5.41) is 5.83. The number of carbonyl (C=O) groups excluding carboxylic acids is 1. The summed E-state index contributed by atoms with van der Waals surface area (Å²) in [4.78, 5) is 21.3. The average molecular weight is 378 g/mol. The van der Waals surface area contributed by atoms with Crippen LogP contribution in [0.1, 0.15) is 42.6 Å². The van der Waals surface area contributed by atoms with Crippen molar-refractivity contribution >= 4 is 23.1 Å². The zero-order valence-electron chi connectivity index (χ0n) is 16.4. The number of halogens is 1. The van der Waals surface area contributed by atoms with E-state index in [4.69, 9.17) is 0 Å². The molecule has 0 radical (unpaired) electrons. The molecule has 28 heavy (non-hydrogen) atoms. The summed E-state index contributed by atoms with van der Waals surface area (Å²) < 4.78 is 13.9. The van der Waals surface area contributed by atoms with Crippen LogP contribution in [0.4, 0.5) is 21.6 Å². The third-order valence-corrected chi connectivity index (χ3v) is 4.19. The molecule has 0 saturated heterocycles. The molecule has 2 aromatic carbocycles. The largest absolute Gasteiger partial charge is 0.338 e. The number of carbonyl (C=O) groups is 1. The van der Waals surface area contributed by atoms with E-state index in [-0.39, 0.29) is 22.7 Å². The maximum Gasteiger partial charge on any atom is 0.274 e. The minimum atomic E-state index is -0.399. The van der Waals surface area contributed by atoms with Crippen LogP contribution < -0.4 is 10.6 Å². The van der Waals surface area contributed by atoms with Crippen LogP contribution in [0.2, 0.25) is 0 Å². The molecule has 0 unspecified atom stereocenters. The standard InChI is InChI=1S/C22H23FN4O/c1-14-24-19(13-20(25-14)26-18-12-8-6-10-16(18)23)21(28)27-17-11-7-5-9-15(17)22(2,3)4/h5-13H,1-4H3,(H,27,28)(H,24,25,26). The third-order valence-electron chi connectivity index (χ3n) is 4.19. The van der Waals surface area contributed by atoms with E-state index in [1.54, 1.807) is 25.1 Å². The summed E-state index contributed by atoms with van der Waals surface area (Å²) in [6.07, 6.45) is 0. The average Bonchev–Trinajstić information content (AvgIpc) is 2.63. The van der Waals surface area contributed by atoms with E-state index in [9.17, 15) is 9.18 Å². The highest BCUT2D eigenvalue weighted by Crippen LogP contribution is 2.29. The number of benzene rings is 2. The summed E-state index contributed by atoms with van der Waals surface area (Å²) in [6.45, 7) is 7.95. The van der Waals surface area contributed by atoms with E-state index in [0.29, 0.717) is 11.6 Å². The Bertz CT molecular complexity index is 1010. The number of hydrogen-bond donors (Lipinski definition) is 2. The number of amides is 1. The van der Waals surface area contributed by atoms with Crippen LogP contribution >= 0.6 is 0 Å². The smallest absolute Gasteiger partial charge is 0.274 e. The number of hydrogen-bond acceptors (Lipinski definition) is 4. The van der Waals surface area contributed by atoms with Crippen LogP contribution in [0.25, 0.3) is 0 Å². The van der Waals surface area contributed by atoms with E-state index in [1.165, 1.54) is 12.1 Å². The maximum atomic E-state index is 13.9. The van der Waals surface area contributed by atoms with Gasteiger partial charge in [-0.1, -0.05) is 51.1 Å². The van der Waals surface area contributed by atoms with E-state index >= 15 is 0 Å². The summed E-state index contributed by atoms with van der Waals surface area (Å²) in [6, 6.07) is 15.5. The summed E-state index contributed by atoms with van der Waals surface area (Å²) in [7, 11) is 0. The molecule has 1 aromatic heterocycles. The lowest BCUT2D eigenvalue weighted by Crippen LogP contribution is -2.20. The van der Waals surface area contributed by atoms with Gasteiger partial charge in [0.25, 0.3) is 5.91 Å². The quantitative estimate of drug-likeness (QED) is 0.653. The zero-order chi connectivity index (χ0) is 20.3. The molecule has 6 heteroatoms. The Morgan fingerprint density at radius 3 is 2.29 bits per heavy atom. The number of nitrogens with one attached hydrogen (secondary N) is 2. The molecule has 0 bridgehead atoms. The van der Waals surface area contributed by atoms with Crippen molar-refractivity contribution in [3.8, 4) is 0 Å². The Morgan fingerprint density at radius 1 is 0.964 bits per heavy atom. The SMILES string of the molecule is Cc1nc(Nc2ccccc2F)cc(C(=O)Nc2ccccc2C(C)(C)C)n1. The second kappa shape index (κ2) is 7.76. The fraction of sp³-hybridized carbons (Fsp3) is 0.227. The molecule has 1 amide bonds. The first-order valence-corrected chi connectivity index (χ1v) is 9.02. The highest BCUT2D eigenvalue weighted by atomic mass is 19.1. The number of anilines is 3. The number of nitrogens with zero attached hydrogens (tertiary/aromatic N) is 2. The van der Waals surface area contributed by atoms with Gasteiger partial charge in [0.05, 0.1) is 5.69 Å². The molecule has 0 fully saturated rings. The molecule has 1 heterocycles. The highest BCUT2D eigenvalue weighted by Gasteiger charge is 2.20. The van der Waals surface area contributed by atoms with Gasteiger partial charge in [-0.05, 0) is 36.1 Å². The third kappa shape index (κ3) is 4.52. The molecule has 0 spiro atoms. The van der Waals surface area contributed by atoms with E-state index in [2.05, 4.69) is 41.4 Å².